The Morgan fingerprint density at radius 1 is 1.21 bits per heavy atom. The van der Waals surface area contributed by atoms with E-state index < -0.39 is 11.9 Å². The van der Waals surface area contributed by atoms with Gasteiger partial charge in [0.1, 0.15) is 0 Å². The number of aromatic nitrogens is 2. The molecule has 0 N–H and O–H groups in total. The summed E-state index contributed by atoms with van der Waals surface area (Å²) in [7, 11) is 0. The first-order valence-electron chi connectivity index (χ1n) is 8.84. The molecular formula is C18H21FN4O4S. The average Bonchev–Trinajstić information content (AvgIpc) is 3.17. The molecule has 2 amide bonds. The molecule has 150 valence electrons. The van der Waals surface area contributed by atoms with Crippen molar-refractivity contribution in [1.29, 1.82) is 0 Å². The third-order valence-electron chi connectivity index (χ3n) is 4.31. The Morgan fingerprint density at radius 2 is 1.89 bits per heavy atom. The van der Waals surface area contributed by atoms with Crippen LogP contribution in [0.1, 0.15) is 25.8 Å². The fraction of sp³-hybridized carbons (Fsp3) is 0.444. The van der Waals surface area contributed by atoms with E-state index in [4.69, 9.17) is 9.15 Å². The monoisotopic (exact) mass is 408 g/mol. The van der Waals surface area contributed by atoms with Crippen LogP contribution in [0.25, 0.3) is 0 Å². The molecule has 1 aromatic heterocycles. The van der Waals surface area contributed by atoms with Crippen molar-refractivity contribution in [3.8, 4) is 5.75 Å². The van der Waals surface area contributed by atoms with E-state index in [0.717, 1.165) is 11.8 Å². The highest BCUT2D eigenvalue weighted by atomic mass is 32.2. The van der Waals surface area contributed by atoms with Crippen molar-refractivity contribution in [3.05, 3.63) is 36.0 Å². The van der Waals surface area contributed by atoms with Crippen LogP contribution in [-0.2, 0) is 9.59 Å². The second-order valence-corrected chi connectivity index (χ2v) is 7.20. The first kappa shape index (κ1) is 20.1. The Hall–Kier alpha value is -2.62. The van der Waals surface area contributed by atoms with Crippen molar-refractivity contribution in [1.82, 2.24) is 20.0 Å². The van der Waals surface area contributed by atoms with E-state index in [0.29, 0.717) is 26.2 Å². The number of carbonyl (C=O) groups is 2. The molecule has 1 fully saturated rings. The molecule has 0 aliphatic carbocycles. The molecule has 1 aliphatic rings. The summed E-state index contributed by atoms with van der Waals surface area (Å²) in [4.78, 5) is 27.1. The third-order valence-corrected chi connectivity index (χ3v) is 5.11. The van der Waals surface area contributed by atoms with Crippen LogP contribution in [0.15, 0.2) is 33.9 Å². The van der Waals surface area contributed by atoms with E-state index in [2.05, 4.69) is 10.2 Å². The number of ether oxygens (including phenoxy) is 1. The number of nitrogens with zero attached hydrogens (tertiary/aromatic N) is 4. The molecule has 10 heteroatoms. The second kappa shape index (κ2) is 9.05. The zero-order valence-corrected chi connectivity index (χ0v) is 16.4. The Bertz CT molecular complexity index is 838. The highest BCUT2D eigenvalue weighted by Crippen LogP contribution is 2.25. The van der Waals surface area contributed by atoms with Crippen LogP contribution < -0.4 is 4.74 Å². The lowest BCUT2D eigenvalue weighted by Gasteiger charge is -2.34. The van der Waals surface area contributed by atoms with Gasteiger partial charge < -0.3 is 19.0 Å². The number of thioether (sulfide) groups is 1. The first-order valence-corrected chi connectivity index (χ1v) is 9.83. The maximum absolute atomic E-state index is 13.7. The van der Waals surface area contributed by atoms with Crippen molar-refractivity contribution in [2.24, 2.45) is 0 Å². The summed E-state index contributed by atoms with van der Waals surface area (Å²) in [6.45, 7) is 5.32. The van der Waals surface area contributed by atoms with Gasteiger partial charge in [0.15, 0.2) is 17.7 Å². The van der Waals surface area contributed by atoms with Gasteiger partial charge in [0.05, 0.1) is 5.75 Å². The Labute approximate surface area is 166 Å². The van der Waals surface area contributed by atoms with Crippen LogP contribution in [0.4, 0.5) is 4.39 Å². The fourth-order valence-corrected chi connectivity index (χ4v) is 3.38. The molecule has 1 unspecified atom stereocenters. The van der Waals surface area contributed by atoms with Gasteiger partial charge in [-0.25, -0.2) is 4.39 Å². The largest absolute Gasteiger partial charge is 0.478 e. The third kappa shape index (κ3) is 5.00. The standard InChI is InChI=1S/C18H21FN4O4S/c1-12(26-15-6-4-3-5-14(15)19)17-20-21-18(27-17)28-11-16(25)23-9-7-22(8-10-23)13(2)24/h3-6,12H,7-11H2,1-2H3. The van der Waals surface area contributed by atoms with Gasteiger partial charge in [-0.1, -0.05) is 23.9 Å². The molecule has 2 aromatic rings. The lowest BCUT2D eigenvalue weighted by Crippen LogP contribution is -2.50. The number of piperazine rings is 1. The smallest absolute Gasteiger partial charge is 0.277 e. The minimum atomic E-state index is -0.630. The van der Waals surface area contributed by atoms with Gasteiger partial charge in [0.25, 0.3) is 11.1 Å². The van der Waals surface area contributed by atoms with Crippen LogP contribution in [0, 0.1) is 5.82 Å². The molecule has 0 saturated carbocycles. The highest BCUT2D eigenvalue weighted by molar-refractivity contribution is 7.99. The van der Waals surface area contributed by atoms with E-state index in [1.807, 2.05) is 0 Å². The lowest BCUT2D eigenvalue weighted by molar-refractivity contribution is -0.136. The molecule has 28 heavy (non-hydrogen) atoms. The van der Waals surface area contributed by atoms with E-state index in [1.165, 1.54) is 19.1 Å². The second-order valence-electron chi connectivity index (χ2n) is 6.27. The van der Waals surface area contributed by atoms with Crippen LogP contribution in [0.3, 0.4) is 0 Å². The van der Waals surface area contributed by atoms with Crippen molar-refractivity contribution in [3.63, 3.8) is 0 Å². The van der Waals surface area contributed by atoms with E-state index >= 15 is 0 Å². The summed E-state index contributed by atoms with van der Waals surface area (Å²) < 4.78 is 24.7. The molecular weight excluding hydrogens is 387 g/mol. The van der Waals surface area contributed by atoms with Gasteiger partial charge in [-0.05, 0) is 19.1 Å². The molecule has 1 atom stereocenters. The number of amides is 2. The molecule has 0 bridgehead atoms. The molecule has 1 aliphatic heterocycles. The fourth-order valence-electron chi connectivity index (χ4n) is 2.71. The molecule has 1 saturated heterocycles. The quantitative estimate of drug-likeness (QED) is 0.677. The molecule has 2 heterocycles. The normalized spacial score (nSPS) is 15.4. The summed E-state index contributed by atoms with van der Waals surface area (Å²) in [5.74, 6) is -0.0470. The predicted octanol–water partition coefficient (Wildman–Crippen LogP) is 2.13. The van der Waals surface area contributed by atoms with E-state index in [1.54, 1.807) is 28.9 Å². The maximum atomic E-state index is 13.7. The molecule has 3 rings (SSSR count). The van der Waals surface area contributed by atoms with Gasteiger partial charge in [-0.2, -0.15) is 0 Å². The average molecular weight is 408 g/mol. The predicted molar refractivity (Wildman–Crippen MR) is 99.3 cm³/mol. The maximum Gasteiger partial charge on any atom is 0.277 e. The Morgan fingerprint density at radius 3 is 2.57 bits per heavy atom. The number of benzene rings is 1. The minimum absolute atomic E-state index is 0.0200. The molecule has 0 radical (unpaired) electrons. The number of para-hydroxylation sites is 1. The Kier molecular flexibility index (Phi) is 6.50. The first-order chi connectivity index (χ1) is 13.4. The lowest BCUT2D eigenvalue weighted by atomic mass is 10.3. The van der Waals surface area contributed by atoms with Crippen molar-refractivity contribution in [2.45, 2.75) is 25.2 Å². The number of halogens is 1. The van der Waals surface area contributed by atoms with Crippen LogP contribution in [0.5, 0.6) is 5.75 Å². The summed E-state index contributed by atoms with van der Waals surface area (Å²) in [5, 5.41) is 8.06. The van der Waals surface area contributed by atoms with Crippen LogP contribution in [-0.4, -0.2) is 63.7 Å². The van der Waals surface area contributed by atoms with Crippen molar-refractivity contribution >= 4 is 23.6 Å². The zero-order valence-electron chi connectivity index (χ0n) is 15.6. The Balaban J connectivity index is 1.49. The van der Waals surface area contributed by atoms with Gasteiger partial charge in [-0.15, -0.1) is 10.2 Å². The SMILES string of the molecule is CC(=O)N1CCN(C(=O)CSc2nnc(C(C)Oc3ccccc3F)o2)CC1. The van der Waals surface area contributed by atoms with Crippen LogP contribution >= 0.6 is 11.8 Å². The summed E-state index contributed by atoms with van der Waals surface area (Å²) in [6.07, 6.45) is -0.630. The molecule has 1 aromatic carbocycles. The van der Waals surface area contributed by atoms with Gasteiger partial charge in [0.2, 0.25) is 11.8 Å². The van der Waals surface area contributed by atoms with Gasteiger partial charge in [0, 0.05) is 33.1 Å². The number of hydrogen-bond donors (Lipinski definition) is 0. The van der Waals surface area contributed by atoms with Crippen molar-refractivity contribution in [2.75, 3.05) is 31.9 Å². The highest BCUT2D eigenvalue weighted by Gasteiger charge is 2.23. The summed E-state index contributed by atoms with van der Waals surface area (Å²) in [6, 6.07) is 6.06. The number of rotatable bonds is 6. The number of hydrogen-bond acceptors (Lipinski definition) is 7. The number of carbonyl (C=O) groups excluding carboxylic acids is 2. The molecule has 0 spiro atoms. The zero-order chi connectivity index (χ0) is 20.1. The van der Waals surface area contributed by atoms with Crippen LogP contribution in [0.2, 0.25) is 0 Å². The van der Waals surface area contributed by atoms with Crippen molar-refractivity contribution < 1.29 is 23.1 Å². The molecule has 8 nitrogen and oxygen atoms in total. The summed E-state index contributed by atoms with van der Waals surface area (Å²) in [5.41, 5.74) is 0. The van der Waals surface area contributed by atoms with E-state index in [9.17, 15) is 14.0 Å². The van der Waals surface area contributed by atoms with Gasteiger partial charge >= 0.3 is 0 Å². The summed E-state index contributed by atoms with van der Waals surface area (Å²) >= 11 is 1.14. The topological polar surface area (TPSA) is 88.8 Å². The van der Waals surface area contributed by atoms with E-state index in [-0.39, 0.29) is 34.4 Å². The van der Waals surface area contributed by atoms with Gasteiger partial charge in [-0.3, -0.25) is 9.59 Å². The minimum Gasteiger partial charge on any atom is -0.478 e.